The van der Waals surface area contributed by atoms with Crippen LogP contribution in [-0.4, -0.2) is 47.8 Å². The Hall–Kier alpha value is -1.66. The predicted molar refractivity (Wildman–Crippen MR) is 68.9 cm³/mol. The van der Waals surface area contributed by atoms with E-state index in [1.807, 2.05) is 19.1 Å². The number of hydrogen-bond acceptors (Lipinski definition) is 5. The van der Waals surface area contributed by atoms with Gasteiger partial charge in [-0.05, 0) is 19.1 Å². The molecule has 1 saturated heterocycles. The molecule has 98 valence electrons. The van der Waals surface area contributed by atoms with Crippen LogP contribution in [0, 0.1) is 5.41 Å². The fraction of sp³-hybridized carbons (Fsp3) is 0.500. The van der Waals surface area contributed by atoms with Crippen LogP contribution in [-0.2, 0) is 4.74 Å². The van der Waals surface area contributed by atoms with Crippen LogP contribution < -0.4 is 10.6 Å². The number of ether oxygens (including phenoxy) is 1. The summed E-state index contributed by atoms with van der Waals surface area (Å²) in [6.45, 7) is 3.13. The minimum absolute atomic E-state index is 0.0150. The highest BCUT2D eigenvalue weighted by Gasteiger charge is 2.27. The summed E-state index contributed by atoms with van der Waals surface area (Å²) in [5.74, 6) is -0.0511. The molecule has 18 heavy (non-hydrogen) atoms. The van der Waals surface area contributed by atoms with Crippen LogP contribution in [0.1, 0.15) is 12.6 Å². The molecule has 2 rings (SSSR count). The van der Waals surface area contributed by atoms with Crippen molar-refractivity contribution in [2.75, 3.05) is 24.7 Å². The highest BCUT2D eigenvalue weighted by atomic mass is 16.5. The molecule has 2 unspecified atom stereocenters. The fourth-order valence-electron chi connectivity index (χ4n) is 2.10. The topological polar surface area (TPSA) is 95.5 Å². The number of nitrogen functional groups attached to an aromatic ring is 1. The Bertz CT molecular complexity index is 438. The van der Waals surface area contributed by atoms with Crippen molar-refractivity contribution in [3.8, 4) is 0 Å². The van der Waals surface area contributed by atoms with E-state index < -0.39 is 0 Å². The molecule has 0 bridgehead atoms. The molecule has 0 saturated carbocycles. The van der Waals surface area contributed by atoms with E-state index in [1.54, 1.807) is 6.20 Å². The molecule has 6 nitrogen and oxygen atoms in total. The van der Waals surface area contributed by atoms with Gasteiger partial charge < -0.3 is 20.5 Å². The van der Waals surface area contributed by atoms with Crippen LogP contribution in [0.4, 0.5) is 5.69 Å². The third-order valence-corrected chi connectivity index (χ3v) is 3.06. The summed E-state index contributed by atoms with van der Waals surface area (Å²) >= 11 is 0. The normalized spacial score (nSPS) is 24.0. The van der Waals surface area contributed by atoms with E-state index in [9.17, 15) is 5.11 Å². The fourth-order valence-corrected chi connectivity index (χ4v) is 2.10. The molecule has 2 atom stereocenters. The Kier molecular flexibility index (Phi) is 3.78. The number of nitrogens with one attached hydrogen (secondary N) is 1. The third-order valence-electron chi connectivity index (χ3n) is 3.06. The number of amidine groups is 1. The number of pyridine rings is 1. The maximum Gasteiger partial charge on any atom is 0.143 e. The molecular weight excluding hydrogens is 232 g/mol. The van der Waals surface area contributed by atoms with Crippen molar-refractivity contribution in [2.45, 2.75) is 19.1 Å². The molecule has 1 aromatic rings. The number of aliphatic hydroxyl groups excluding tert-OH is 1. The summed E-state index contributed by atoms with van der Waals surface area (Å²) in [5, 5.41) is 16.8. The summed E-state index contributed by atoms with van der Waals surface area (Å²) < 4.78 is 5.49. The van der Waals surface area contributed by atoms with Crippen LogP contribution in [0.5, 0.6) is 0 Å². The van der Waals surface area contributed by atoms with Crippen LogP contribution in [0.2, 0.25) is 0 Å². The average molecular weight is 250 g/mol. The Labute approximate surface area is 106 Å². The third kappa shape index (κ3) is 2.44. The summed E-state index contributed by atoms with van der Waals surface area (Å²) in [5.41, 5.74) is 6.84. The predicted octanol–water partition coefficient (Wildman–Crippen LogP) is -0.0483. The average Bonchev–Trinajstić information content (AvgIpc) is 2.39. The van der Waals surface area contributed by atoms with E-state index in [0.717, 1.165) is 5.69 Å². The van der Waals surface area contributed by atoms with E-state index in [2.05, 4.69) is 9.88 Å². The van der Waals surface area contributed by atoms with Crippen molar-refractivity contribution in [3.05, 3.63) is 24.0 Å². The minimum Gasteiger partial charge on any atom is -0.394 e. The van der Waals surface area contributed by atoms with Gasteiger partial charge in [-0.1, -0.05) is 0 Å². The van der Waals surface area contributed by atoms with Crippen molar-refractivity contribution in [1.82, 2.24) is 4.98 Å². The number of anilines is 1. The lowest BCUT2D eigenvalue weighted by molar-refractivity contribution is -0.0103. The van der Waals surface area contributed by atoms with Gasteiger partial charge in [-0.25, -0.2) is 0 Å². The number of morpholine rings is 1. The molecular formula is C12H18N4O2. The van der Waals surface area contributed by atoms with E-state index >= 15 is 0 Å². The zero-order valence-electron chi connectivity index (χ0n) is 10.3. The van der Waals surface area contributed by atoms with Gasteiger partial charge >= 0.3 is 0 Å². The molecule has 1 aliphatic heterocycles. The van der Waals surface area contributed by atoms with Gasteiger partial charge in [0.05, 0.1) is 25.0 Å². The molecule has 1 fully saturated rings. The molecule has 0 aromatic carbocycles. The van der Waals surface area contributed by atoms with Crippen LogP contribution in [0.3, 0.4) is 0 Å². The van der Waals surface area contributed by atoms with Crippen molar-refractivity contribution in [2.24, 2.45) is 5.73 Å². The SMILES string of the molecule is CC1COC(CO)CN1c1cccnc1C(=N)N. The smallest absolute Gasteiger partial charge is 0.143 e. The Morgan fingerprint density at radius 3 is 3.17 bits per heavy atom. The lowest BCUT2D eigenvalue weighted by Crippen LogP contribution is -2.50. The van der Waals surface area contributed by atoms with Gasteiger partial charge in [-0.15, -0.1) is 0 Å². The number of hydrogen-bond donors (Lipinski definition) is 3. The van der Waals surface area contributed by atoms with Crippen molar-refractivity contribution < 1.29 is 9.84 Å². The van der Waals surface area contributed by atoms with Gasteiger partial charge in [-0.3, -0.25) is 10.4 Å². The lowest BCUT2D eigenvalue weighted by atomic mass is 10.1. The van der Waals surface area contributed by atoms with Gasteiger partial charge in [0.2, 0.25) is 0 Å². The monoisotopic (exact) mass is 250 g/mol. The van der Waals surface area contributed by atoms with E-state index in [4.69, 9.17) is 15.9 Å². The number of nitrogens with two attached hydrogens (primary N) is 1. The molecule has 6 heteroatoms. The first kappa shape index (κ1) is 12.8. The number of aromatic nitrogens is 1. The first-order valence-corrected chi connectivity index (χ1v) is 5.92. The second-order valence-corrected chi connectivity index (χ2v) is 4.42. The van der Waals surface area contributed by atoms with Gasteiger partial charge in [0.1, 0.15) is 11.5 Å². The lowest BCUT2D eigenvalue weighted by Gasteiger charge is -2.39. The first-order valence-electron chi connectivity index (χ1n) is 5.92. The minimum atomic E-state index is -0.207. The zero-order chi connectivity index (χ0) is 13.1. The second-order valence-electron chi connectivity index (χ2n) is 4.42. The van der Waals surface area contributed by atoms with Crippen LogP contribution >= 0.6 is 0 Å². The number of aliphatic hydroxyl groups is 1. The first-order chi connectivity index (χ1) is 8.63. The Morgan fingerprint density at radius 2 is 2.50 bits per heavy atom. The maximum atomic E-state index is 9.19. The Balaban J connectivity index is 2.31. The highest BCUT2D eigenvalue weighted by molar-refractivity contribution is 5.98. The van der Waals surface area contributed by atoms with Crippen molar-refractivity contribution in [1.29, 1.82) is 5.41 Å². The zero-order valence-corrected chi connectivity index (χ0v) is 10.3. The largest absolute Gasteiger partial charge is 0.394 e. The molecule has 1 aliphatic rings. The van der Waals surface area contributed by atoms with Gasteiger partial charge in [0.25, 0.3) is 0 Å². The van der Waals surface area contributed by atoms with E-state index in [1.165, 1.54) is 0 Å². The molecule has 1 aromatic heterocycles. The van der Waals surface area contributed by atoms with E-state index in [0.29, 0.717) is 18.8 Å². The van der Waals surface area contributed by atoms with Gasteiger partial charge in [0.15, 0.2) is 0 Å². The molecule has 4 N–H and O–H groups in total. The summed E-state index contributed by atoms with van der Waals surface area (Å²) in [7, 11) is 0. The molecule has 2 heterocycles. The molecule has 0 radical (unpaired) electrons. The summed E-state index contributed by atoms with van der Waals surface area (Å²) in [6.07, 6.45) is 1.41. The van der Waals surface area contributed by atoms with Crippen LogP contribution in [0.25, 0.3) is 0 Å². The summed E-state index contributed by atoms with van der Waals surface area (Å²) in [4.78, 5) is 6.22. The molecule has 0 amide bonds. The Morgan fingerprint density at radius 1 is 1.72 bits per heavy atom. The quantitative estimate of drug-likeness (QED) is 0.516. The standard InChI is InChI=1S/C12H18N4O2/c1-8-7-18-9(6-17)5-16(8)10-3-2-4-15-11(10)12(13)14/h2-4,8-9,17H,5-7H2,1H3,(H3,13,14). The number of nitrogens with zero attached hydrogens (tertiary/aromatic N) is 2. The highest BCUT2D eigenvalue weighted by Crippen LogP contribution is 2.24. The maximum absolute atomic E-state index is 9.19. The van der Waals surface area contributed by atoms with Crippen LogP contribution in [0.15, 0.2) is 18.3 Å². The summed E-state index contributed by atoms with van der Waals surface area (Å²) in [6, 6.07) is 3.87. The van der Waals surface area contributed by atoms with Gasteiger partial charge in [-0.2, -0.15) is 0 Å². The van der Waals surface area contributed by atoms with Crippen molar-refractivity contribution in [3.63, 3.8) is 0 Å². The van der Waals surface area contributed by atoms with E-state index in [-0.39, 0.29) is 24.6 Å². The molecule has 0 spiro atoms. The number of rotatable bonds is 3. The second kappa shape index (κ2) is 5.32. The van der Waals surface area contributed by atoms with Crippen molar-refractivity contribution >= 4 is 11.5 Å². The van der Waals surface area contributed by atoms with Gasteiger partial charge in [0, 0.05) is 18.8 Å². The molecule has 0 aliphatic carbocycles.